The molecule has 3 nitrogen and oxygen atoms in total. The fourth-order valence-corrected chi connectivity index (χ4v) is 2.01. The maximum absolute atomic E-state index is 11.2. The van der Waals surface area contributed by atoms with E-state index in [1.165, 1.54) is 6.08 Å². The van der Waals surface area contributed by atoms with Crippen LogP contribution in [0, 0.1) is 6.92 Å². The number of aryl methyl sites for hydroxylation is 1. The molecule has 1 aromatic heterocycles. The summed E-state index contributed by atoms with van der Waals surface area (Å²) in [5, 5.41) is 1.49. The van der Waals surface area contributed by atoms with Crippen molar-refractivity contribution in [2.45, 2.75) is 13.8 Å². The molecule has 4 heteroatoms. The first-order chi connectivity index (χ1) is 8.60. The lowest BCUT2D eigenvalue weighted by molar-refractivity contribution is -0.137. The van der Waals surface area contributed by atoms with Crippen LogP contribution in [0.4, 0.5) is 0 Å². The van der Waals surface area contributed by atoms with Crippen LogP contribution in [-0.2, 0) is 9.53 Å². The molecule has 0 amide bonds. The highest BCUT2D eigenvalue weighted by atomic mass is 35.5. The Morgan fingerprint density at radius 1 is 1.44 bits per heavy atom. The molecule has 18 heavy (non-hydrogen) atoms. The highest BCUT2D eigenvalue weighted by Gasteiger charge is 2.06. The molecule has 0 unspecified atom stereocenters. The van der Waals surface area contributed by atoms with E-state index in [0.29, 0.717) is 23.0 Å². The van der Waals surface area contributed by atoms with E-state index in [1.807, 2.05) is 25.1 Å². The molecule has 0 aliphatic rings. The van der Waals surface area contributed by atoms with E-state index in [4.69, 9.17) is 20.8 Å². The standard InChI is InChI=1S/C14H13ClO3/c1-3-17-13(16)5-4-11-8-10-6-9(2)7-12(15)14(10)18-11/h4-8H,3H2,1-2H3/b5-4+. The molecular weight excluding hydrogens is 252 g/mol. The number of fused-ring (bicyclic) bond motifs is 1. The quantitative estimate of drug-likeness (QED) is 0.622. The molecule has 0 saturated carbocycles. The molecule has 0 atom stereocenters. The Bertz CT molecular complexity index is 611. The molecule has 2 rings (SSSR count). The lowest BCUT2D eigenvalue weighted by Gasteiger charge is -1.94. The normalized spacial score (nSPS) is 11.3. The molecule has 1 aromatic carbocycles. The maximum Gasteiger partial charge on any atom is 0.330 e. The van der Waals surface area contributed by atoms with E-state index >= 15 is 0 Å². The highest BCUT2D eigenvalue weighted by Crippen LogP contribution is 2.28. The van der Waals surface area contributed by atoms with Gasteiger partial charge < -0.3 is 9.15 Å². The molecule has 1 heterocycles. The Morgan fingerprint density at radius 2 is 2.22 bits per heavy atom. The SMILES string of the molecule is CCOC(=O)/C=C/c1cc2cc(C)cc(Cl)c2o1. The van der Waals surface area contributed by atoms with Gasteiger partial charge in [0.15, 0.2) is 5.58 Å². The first-order valence-corrected chi connectivity index (χ1v) is 6.02. The molecule has 0 aliphatic heterocycles. The average molecular weight is 265 g/mol. The molecule has 0 saturated heterocycles. The van der Waals surface area contributed by atoms with Crippen LogP contribution in [0.15, 0.2) is 28.7 Å². The molecule has 0 fully saturated rings. The number of carbonyl (C=O) groups excluding carboxylic acids is 1. The summed E-state index contributed by atoms with van der Waals surface area (Å²) in [6, 6.07) is 5.66. The van der Waals surface area contributed by atoms with Crippen molar-refractivity contribution in [3.05, 3.63) is 40.6 Å². The number of ether oxygens (including phenoxy) is 1. The number of benzene rings is 1. The maximum atomic E-state index is 11.2. The summed E-state index contributed by atoms with van der Waals surface area (Å²) in [5.41, 5.74) is 1.69. The number of rotatable bonds is 3. The fourth-order valence-electron chi connectivity index (χ4n) is 1.69. The monoisotopic (exact) mass is 264 g/mol. The second-order valence-electron chi connectivity index (χ2n) is 3.90. The fraction of sp³-hybridized carbons (Fsp3) is 0.214. The van der Waals surface area contributed by atoms with Crippen LogP contribution < -0.4 is 0 Å². The van der Waals surface area contributed by atoms with Gasteiger partial charge in [-0.05, 0) is 43.7 Å². The molecule has 2 aromatic rings. The largest absolute Gasteiger partial charge is 0.463 e. The van der Waals surface area contributed by atoms with Gasteiger partial charge in [0.05, 0.1) is 11.6 Å². The van der Waals surface area contributed by atoms with Crippen molar-refractivity contribution in [2.75, 3.05) is 6.61 Å². The third kappa shape index (κ3) is 2.74. The number of halogens is 1. The van der Waals surface area contributed by atoms with Crippen LogP contribution in [0.3, 0.4) is 0 Å². The summed E-state index contributed by atoms with van der Waals surface area (Å²) < 4.78 is 10.3. The molecule has 0 radical (unpaired) electrons. The minimum Gasteiger partial charge on any atom is -0.463 e. The zero-order valence-corrected chi connectivity index (χ0v) is 11.0. The van der Waals surface area contributed by atoms with Gasteiger partial charge >= 0.3 is 5.97 Å². The van der Waals surface area contributed by atoms with Crippen LogP contribution in [0.2, 0.25) is 5.02 Å². The molecule has 0 bridgehead atoms. The van der Waals surface area contributed by atoms with Gasteiger partial charge in [-0.15, -0.1) is 0 Å². The number of esters is 1. The predicted octanol–water partition coefficient (Wildman–Crippen LogP) is 3.97. The first-order valence-electron chi connectivity index (χ1n) is 5.64. The van der Waals surface area contributed by atoms with Crippen molar-refractivity contribution in [2.24, 2.45) is 0 Å². The van der Waals surface area contributed by atoms with Crippen LogP contribution in [0.25, 0.3) is 17.0 Å². The number of carbonyl (C=O) groups is 1. The molecule has 0 N–H and O–H groups in total. The number of hydrogen-bond acceptors (Lipinski definition) is 3. The van der Waals surface area contributed by atoms with E-state index in [1.54, 1.807) is 13.0 Å². The summed E-state index contributed by atoms with van der Waals surface area (Å²) >= 11 is 6.08. The Labute approximate surface area is 110 Å². The summed E-state index contributed by atoms with van der Waals surface area (Å²) in [7, 11) is 0. The van der Waals surface area contributed by atoms with E-state index < -0.39 is 0 Å². The van der Waals surface area contributed by atoms with Gasteiger partial charge in [0.1, 0.15) is 5.76 Å². The Balaban J connectivity index is 2.31. The van der Waals surface area contributed by atoms with Crippen molar-refractivity contribution >= 4 is 34.6 Å². The lowest BCUT2D eigenvalue weighted by atomic mass is 10.2. The minimum atomic E-state index is -0.389. The van der Waals surface area contributed by atoms with Crippen LogP contribution in [-0.4, -0.2) is 12.6 Å². The molecule has 0 aliphatic carbocycles. The van der Waals surface area contributed by atoms with E-state index in [-0.39, 0.29) is 5.97 Å². The Kier molecular flexibility index (Phi) is 3.72. The zero-order valence-electron chi connectivity index (χ0n) is 10.2. The highest BCUT2D eigenvalue weighted by molar-refractivity contribution is 6.34. The van der Waals surface area contributed by atoms with Crippen molar-refractivity contribution in [3.63, 3.8) is 0 Å². The lowest BCUT2D eigenvalue weighted by Crippen LogP contribution is -1.98. The van der Waals surface area contributed by atoms with Crippen LogP contribution in [0.5, 0.6) is 0 Å². The minimum absolute atomic E-state index is 0.355. The molecule has 0 spiro atoms. The van der Waals surface area contributed by atoms with E-state index in [2.05, 4.69) is 0 Å². The Hall–Kier alpha value is -1.74. The zero-order chi connectivity index (χ0) is 13.1. The van der Waals surface area contributed by atoms with Crippen molar-refractivity contribution < 1.29 is 13.9 Å². The number of hydrogen-bond donors (Lipinski definition) is 0. The third-order valence-electron chi connectivity index (χ3n) is 2.40. The predicted molar refractivity (Wildman–Crippen MR) is 71.6 cm³/mol. The molecular formula is C14H13ClO3. The number of furan rings is 1. The van der Waals surface area contributed by atoms with Crippen LogP contribution in [0.1, 0.15) is 18.2 Å². The van der Waals surface area contributed by atoms with Gasteiger partial charge in [-0.25, -0.2) is 4.79 Å². The van der Waals surface area contributed by atoms with Crippen molar-refractivity contribution in [1.82, 2.24) is 0 Å². The van der Waals surface area contributed by atoms with Crippen molar-refractivity contribution in [1.29, 1.82) is 0 Å². The summed E-state index contributed by atoms with van der Waals surface area (Å²) in [4.78, 5) is 11.2. The van der Waals surface area contributed by atoms with Gasteiger partial charge in [0.25, 0.3) is 0 Å². The average Bonchev–Trinajstić information content (AvgIpc) is 2.70. The second kappa shape index (κ2) is 5.27. The smallest absolute Gasteiger partial charge is 0.330 e. The molecule has 94 valence electrons. The summed E-state index contributed by atoms with van der Waals surface area (Å²) in [6.07, 6.45) is 2.91. The summed E-state index contributed by atoms with van der Waals surface area (Å²) in [5.74, 6) is 0.186. The first kappa shape index (κ1) is 12.7. The Morgan fingerprint density at radius 3 is 2.94 bits per heavy atom. The van der Waals surface area contributed by atoms with Gasteiger partial charge in [-0.1, -0.05) is 11.6 Å². The van der Waals surface area contributed by atoms with Gasteiger partial charge in [-0.3, -0.25) is 0 Å². The van der Waals surface area contributed by atoms with E-state index in [0.717, 1.165) is 10.9 Å². The van der Waals surface area contributed by atoms with Gasteiger partial charge in [0.2, 0.25) is 0 Å². The van der Waals surface area contributed by atoms with Gasteiger partial charge in [-0.2, -0.15) is 0 Å². The topological polar surface area (TPSA) is 39.4 Å². The third-order valence-corrected chi connectivity index (χ3v) is 2.69. The second-order valence-corrected chi connectivity index (χ2v) is 4.31. The summed E-state index contributed by atoms with van der Waals surface area (Å²) in [6.45, 7) is 4.08. The van der Waals surface area contributed by atoms with Crippen molar-refractivity contribution in [3.8, 4) is 0 Å². The van der Waals surface area contributed by atoms with Gasteiger partial charge in [0, 0.05) is 11.5 Å². The van der Waals surface area contributed by atoms with E-state index in [9.17, 15) is 4.79 Å². The van der Waals surface area contributed by atoms with Crippen LogP contribution >= 0.6 is 11.6 Å².